The van der Waals surface area contributed by atoms with Crippen LogP contribution in [-0.2, 0) is 13.5 Å². The van der Waals surface area contributed by atoms with Crippen molar-refractivity contribution in [3.63, 3.8) is 0 Å². The molecule has 0 unspecified atom stereocenters. The molecule has 1 aliphatic heterocycles. The first-order valence-corrected chi connectivity index (χ1v) is 8.96. The predicted octanol–water partition coefficient (Wildman–Crippen LogP) is 2.01. The standard InChI is InChI=1S/C17H32N6.HI/c1-4-10-23-11-7-16(8-12-23)21-17(18-5-2)19-9-6-15-13-20-22(3)14-15;/h13-14,16H,4-12H2,1-3H3,(H2,18,19,21);1H. The smallest absolute Gasteiger partial charge is 0.191 e. The summed E-state index contributed by atoms with van der Waals surface area (Å²) in [4.78, 5) is 7.27. The minimum absolute atomic E-state index is 0. The molecule has 1 saturated heterocycles. The highest BCUT2D eigenvalue weighted by molar-refractivity contribution is 14.0. The van der Waals surface area contributed by atoms with E-state index in [1.807, 2.05) is 17.9 Å². The minimum atomic E-state index is 0. The van der Waals surface area contributed by atoms with Crippen molar-refractivity contribution in [3.8, 4) is 0 Å². The van der Waals surface area contributed by atoms with Gasteiger partial charge < -0.3 is 15.5 Å². The third kappa shape index (κ3) is 7.38. The lowest BCUT2D eigenvalue weighted by Gasteiger charge is -2.32. The van der Waals surface area contributed by atoms with Crippen LogP contribution in [0.25, 0.3) is 0 Å². The van der Waals surface area contributed by atoms with E-state index in [4.69, 9.17) is 4.99 Å². The zero-order valence-electron chi connectivity index (χ0n) is 15.3. The Kier molecular flexibility index (Phi) is 10.3. The van der Waals surface area contributed by atoms with E-state index in [2.05, 4.69) is 40.7 Å². The van der Waals surface area contributed by atoms with Gasteiger partial charge >= 0.3 is 0 Å². The van der Waals surface area contributed by atoms with E-state index < -0.39 is 0 Å². The average Bonchev–Trinajstić information content (AvgIpc) is 2.95. The van der Waals surface area contributed by atoms with E-state index in [1.165, 1.54) is 44.5 Å². The monoisotopic (exact) mass is 448 g/mol. The Morgan fingerprint density at radius 3 is 2.67 bits per heavy atom. The molecule has 2 rings (SSSR count). The number of nitrogens with one attached hydrogen (secondary N) is 2. The van der Waals surface area contributed by atoms with E-state index in [0.717, 1.165) is 25.5 Å². The molecular formula is C17H33IN6. The highest BCUT2D eigenvalue weighted by atomic mass is 127. The first kappa shape index (κ1) is 21.2. The fraction of sp³-hybridized carbons (Fsp3) is 0.765. The molecule has 6 nitrogen and oxygen atoms in total. The molecule has 1 aromatic heterocycles. The Bertz CT molecular complexity index is 479. The molecule has 138 valence electrons. The Balaban J connectivity index is 0.00000288. The van der Waals surface area contributed by atoms with Crippen LogP contribution in [0.2, 0.25) is 0 Å². The molecule has 1 fully saturated rings. The molecule has 0 spiro atoms. The summed E-state index contributed by atoms with van der Waals surface area (Å²) in [7, 11) is 1.95. The second-order valence-corrected chi connectivity index (χ2v) is 6.29. The normalized spacial score (nSPS) is 16.7. The number of piperidine rings is 1. The average molecular weight is 448 g/mol. The van der Waals surface area contributed by atoms with Gasteiger partial charge in [0.05, 0.1) is 6.20 Å². The molecule has 0 radical (unpaired) electrons. The van der Waals surface area contributed by atoms with Crippen molar-refractivity contribution in [2.75, 3.05) is 32.7 Å². The maximum Gasteiger partial charge on any atom is 0.191 e. The van der Waals surface area contributed by atoms with Crippen molar-refractivity contribution in [2.24, 2.45) is 12.0 Å². The van der Waals surface area contributed by atoms with Crippen molar-refractivity contribution in [3.05, 3.63) is 18.0 Å². The molecule has 0 atom stereocenters. The summed E-state index contributed by atoms with van der Waals surface area (Å²) in [5.74, 6) is 0.949. The SMILES string of the molecule is CCCN1CCC(NC(=NCCc2cnn(C)c2)NCC)CC1.I. The van der Waals surface area contributed by atoms with Crippen LogP contribution < -0.4 is 10.6 Å². The molecule has 2 N–H and O–H groups in total. The number of halogens is 1. The van der Waals surface area contributed by atoms with Crippen LogP contribution in [0.5, 0.6) is 0 Å². The number of aromatic nitrogens is 2. The van der Waals surface area contributed by atoms with Crippen LogP contribution >= 0.6 is 24.0 Å². The molecule has 1 aliphatic rings. The third-order valence-electron chi connectivity index (χ3n) is 4.24. The van der Waals surface area contributed by atoms with Gasteiger partial charge in [0.2, 0.25) is 0 Å². The number of hydrogen-bond donors (Lipinski definition) is 2. The van der Waals surface area contributed by atoms with E-state index in [0.29, 0.717) is 6.04 Å². The summed E-state index contributed by atoms with van der Waals surface area (Å²) in [6.07, 6.45) is 8.55. The highest BCUT2D eigenvalue weighted by Gasteiger charge is 2.19. The van der Waals surface area contributed by atoms with Crippen LogP contribution in [0.15, 0.2) is 17.4 Å². The van der Waals surface area contributed by atoms with Gasteiger partial charge in [-0.25, -0.2) is 0 Å². The van der Waals surface area contributed by atoms with E-state index >= 15 is 0 Å². The van der Waals surface area contributed by atoms with Gasteiger partial charge in [0.25, 0.3) is 0 Å². The Morgan fingerprint density at radius 2 is 2.08 bits per heavy atom. The quantitative estimate of drug-likeness (QED) is 0.381. The van der Waals surface area contributed by atoms with Crippen LogP contribution in [0.3, 0.4) is 0 Å². The number of aryl methyl sites for hydroxylation is 1. The fourth-order valence-electron chi connectivity index (χ4n) is 3.03. The van der Waals surface area contributed by atoms with Gasteiger partial charge in [-0.2, -0.15) is 5.10 Å². The number of nitrogens with zero attached hydrogens (tertiary/aromatic N) is 4. The molecule has 24 heavy (non-hydrogen) atoms. The molecule has 0 aromatic carbocycles. The number of rotatable bonds is 7. The van der Waals surface area contributed by atoms with Crippen LogP contribution in [0.1, 0.15) is 38.7 Å². The lowest BCUT2D eigenvalue weighted by atomic mass is 10.1. The molecule has 0 amide bonds. The van der Waals surface area contributed by atoms with Gasteiger partial charge in [0, 0.05) is 45.5 Å². The maximum atomic E-state index is 4.71. The number of guanidine groups is 1. The summed E-state index contributed by atoms with van der Waals surface area (Å²) >= 11 is 0. The fourth-order valence-corrected chi connectivity index (χ4v) is 3.03. The van der Waals surface area contributed by atoms with Crippen molar-refractivity contribution in [1.29, 1.82) is 0 Å². The molecule has 0 bridgehead atoms. The number of hydrogen-bond acceptors (Lipinski definition) is 3. The maximum absolute atomic E-state index is 4.71. The lowest BCUT2D eigenvalue weighted by Crippen LogP contribution is -2.48. The van der Waals surface area contributed by atoms with Crippen molar-refractivity contribution in [2.45, 2.75) is 45.6 Å². The second kappa shape index (κ2) is 11.7. The van der Waals surface area contributed by atoms with E-state index in [9.17, 15) is 0 Å². The largest absolute Gasteiger partial charge is 0.357 e. The lowest BCUT2D eigenvalue weighted by molar-refractivity contribution is 0.206. The van der Waals surface area contributed by atoms with Gasteiger partial charge in [0.15, 0.2) is 5.96 Å². The summed E-state index contributed by atoms with van der Waals surface area (Å²) in [5, 5.41) is 11.2. The molecule has 1 aromatic rings. The summed E-state index contributed by atoms with van der Waals surface area (Å²) in [6, 6.07) is 0.541. The van der Waals surface area contributed by atoms with Crippen molar-refractivity contribution >= 4 is 29.9 Å². The molecule has 7 heteroatoms. The third-order valence-corrected chi connectivity index (χ3v) is 4.24. The van der Waals surface area contributed by atoms with Gasteiger partial charge in [-0.15, -0.1) is 24.0 Å². The molecule has 0 saturated carbocycles. The number of likely N-dealkylation sites (tertiary alicyclic amines) is 1. The van der Waals surface area contributed by atoms with E-state index in [1.54, 1.807) is 0 Å². The molecule has 2 heterocycles. The Labute approximate surface area is 163 Å². The van der Waals surface area contributed by atoms with Crippen molar-refractivity contribution in [1.82, 2.24) is 25.3 Å². The first-order chi connectivity index (χ1) is 11.2. The van der Waals surface area contributed by atoms with E-state index in [-0.39, 0.29) is 24.0 Å². The Hall–Kier alpha value is -0.830. The van der Waals surface area contributed by atoms with Gasteiger partial charge in [-0.05, 0) is 44.7 Å². The van der Waals surface area contributed by atoms with Crippen LogP contribution in [0, 0.1) is 0 Å². The van der Waals surface area contributed by atoms with Gasteiger partial charge in [0.1, 0.15) is 0 Å². The summed E-state index contributed by atoms with van der Waals surface area (Å²) < 4.78 is 1.84. The van der Waals surface area contributed by atoms with Gasteiger partial charge in [-0.3, -0.25) is 9.67 Å². The zero-order chi connectivity index (χ0) is 16.5. The van der Waals surface area contributed by atoms with Crippen molar-refractivity contribution < 1.29 is 0 Å². The Morgan fingerprint density at radius 1 is 1.33 bits per heavy atom. The van der Waals surface area contributed by atoms with Crippen LogP contribution in [0.4, 0.5) is 0 Å². The second-order valence-electron chi connectivity index (χ2n) is 6.29. The number of aliphatic imine (C=N–C) groups is 1. The first-order valence-electron chi connectivity index (χ1n) is 8.96. The predicted molar refractivity (Wildman–Crippen MR) is 111 cm³/mol. The molecule has 0 aliphatic carbocycles. The summed E-state index contributed by atoms with van der Waals surface area (Å²) in [6.45, 7) is 9.67. The molecular weight excluding hydrogens is 415 g/mol. The minimum Gasteiger partial charge on any atom is -0.357 e. The highest BCUT2D eigenvalue weighted by Crippen LogP contribution is 2.10. The summed E-state index contributed by atoms with van der Waals surface area (Å²) in [5.41, 5.74) is 1.24. The topological polar surface area (TPSA) is 57.5 Å². The van der Waals surface area contributed by atoms with Crippen LogP contribution in [-0.4, -0.2) is 59.4 Å². The van der Waals surface area contributed by atoms with Gasteiger partial charge in [-0.1, -0.05) is 6.92 Å². The zero-order valence-corrected chi connectivity index (χ0v) is 17.6.